The van der Waals surface area contributed by atoms with E-state index in [9.17, 15) is 0 Å². The van der Waals surface area contributed by atoms with Crippen LogP contribution in [0.4, 0.5) is 0 Å². The number of fused-ring (bicyclic) bond motifs is 3. The van der Waals surface area contributed by atoms with Gasteiger partial charge in [0.25, 0.3) is 0 Å². The van der Waals surface area contributed by atoms with Crippen molar-refractivity contribution in [1.82, 2.24) is 5.01 Å². The fraction of sp³-hybridized carbons (Fsp3) is 0.208. The van der Waals surface area contributed by atoms with Crippen LogP contribution < -0.4 is 14.2 Å². The number of halogens is 1. The zero-order valence-electron chi connectivity index (χ0n) is 16.7. The third-order valence-electron chi connectivity index (χ3n) is 5.57. The lowest BCUT2D eigenvalue weighted by Gasteiger charge is -2.38. The second kappa shape index (κ2) is 7.69. The van der Waals surface area contributed by atoms with E-state index in [-0.39, 0.29) is 12.3 Å². The second-order valence-corrected chi connectivity index (χ2v) is 8.19. The molecule has 0 aromatic heterocycles. The number of hydrogen-bond acceptors (Lipinski definition) is 5. The van der Waals surface area contributed by atoms with Crippen molar-refractivity contribution in [2.24, 2.45) is 5.10 Å². The number of nitrogens with zero attached hydrogens (tertiary/aromatic N) is 2. The summed E-state index contributed by atoms with van der Waals surface area (Å²) < 4.78 is 18.4. The number of hydrogen-bond donors (Lipinski definition) is 0. The van der Waals surface area contributed by atoms with Gasteiger partial charge in [-0.3, -0.25) is 0 Å². The summed E-state index contributed by atoms with van der Waals surface area (Å²) in [5.74, 6) is 2.42. The van der Waals surface area contributed by atoms with Crippen molar-refractivity contribution in [1.29, 1.82) is 0 Å². The highest BCUT2D eigenvalue weighted by atomic mass is 79.9. The molecule has 2 atom stereocenters. The lowest BCUT2D eigenvalue weighted by atomic mass is 9.95. The third kappa shape index (κ3) is 3.21. The molecule has 0 spiro atoms. The number of hydrazone groups is 1. The number of para-hydroxylation sites is 1. The standard InChI is InChI=1S/C24H21BrN2O3/c1-28-17-11-12-18(23(13-17)29-2)20-14-21-19-5-3-4-6-22(19)30-24(27(21)26-20)15-7-9-16(25)10-8-15/h3-13,21,24H,14H2,1-2H3/t21-,24+/m0/s1. The van der Waals surface area contributed by atoms with Gasteiger partial charge < -0.3 is 14.2 Å². The van der Waals surface area contributed by atoms with Crippen molar-refractivity contribution >= 4 is 21.6 Å². The Balaban J connectivity index is 1.59. The maximum Gasteiger partial charge on any atom is 0.213 e. The van der Waals surface area contributed by atoms with Crippen LogP contribution in [-0.4, -0.2) is 24.9 Å². The highest BCUT2D eigenvalue weighted by Gasteiger charge is 2.41. The van der Waals surface area contributed by atoms with E-state index in [2.05, 4.69) is 39.1 Å². The summed E-state index contributed by atoms with van der Waals surface area (Å²) in [5, 5.41) is 7.09. The summed E-state index contributed by atoms with van der Waals surface area (Å²) in [6.45, 7) is 0. The molecule has 0 aliphatic carbocycles. The van der Waals surface area contributed by atoms with E-state index in [0.29, 0.717) is 0 Å². The molecule has 0 radical (unpaired) electrons. The van der Waals surface area contributed by atoms with Crippen molar-refractivity contribution in [2.45, 2.75) is 18.7 Å². The highest BCUT2D eigenvalue weighted by Crippen LogP contribution is 2.48. The summed E-state index contributed by atoms with van der Waals surface area (Å²) in [4.78, 5) is 0. The average Bonchev–Trinajstić information content (AvgIpc) is 3.24. The normalized spacial score (nSPS) is 19.4. The Hall–Kier alpha value is -2.99. The molecule has 0 unspecified atom stereocenters. The summed E-state index contributed by atoms with van der Waals surface area (Å²) in [6.07, 6.45) is 0.482. The maximum absolute atomic E-state index is 6.40. The van der Waals surface area contributed by atoms with Gasteiger partial charge in [-0.15, -0.1) is 0 Å². The fourth-order valence-corrected chi connectivity index (χ4v) is 4.35. The van der Waals surface area contributed by atoms with Gasteiger partial charge in [0.1, 0.15) is 17.2 Å². The molecule has 0 saturated heterocycles. The number of rotatable bonds is 4. The molecule has 0 bridgehead atoms. The van der Waals surface area contributed by atoms with E-state index >= 15 is 0 Å². The van der Waals surface area contributed by atoms with E-state index in [1.165, 1.54) is 0 Å². The Kier molecular flexibility index (Phi) is 4.87. The molecule has 2 aliphatic heterocycles. The fourth-order valence-electron chi connectivity index (χ4n) is 4.08. The van der Waals surface area contributed by atoms with Crippen LogP contribution in [-0.2, 0) is 0 Å². The minimum Gasteiger partial charge on any atom is -0.497 e. The van der Waals surface area contributed by atoms with Gasteiger partial charge in [0.15, 0.2) is 0 Å². The van der Waals surface area contributed by atoms with Crippen LogP contribution in [0.25, 0.3) is 0 Å². The van der Waals surface area contributed by atoms with Crippen LogP contribution in [0.3, 0.4) is 0 Å². The van der Waals surface area contributed by atoms with Gasteiger partial charge in [-0.1, -0.05) is 46.3 Å². The molecular formula is C24H21BrN2O3. The summed E-state index contributed by atoms with van der Waals surface area (Å²) in [6, 6.07) is 22.4. The molecule has 0 fully saturated rings. The van der Waals surface area contributed by atoms with Crippen LogP contribution in [0.1, 0.15) is 35.4 Å². The van der Waals surface area contributed by atoms with Gasteiger partial charge in [0.05, 0.1) is 26.0 Å². The summed E-state index contributed by atoms with van der Waals surface area (Å²) >= 11 is 3.51. The van der Waals surface area contributed by atoms with Gasteiger partial charge in [0.2, 0.25) is 6.23 Å². The average molecular weight is 465 g/mol. The zero-order chi connectivity index (χ0) is 20.7. The molecule has 30 heavy (non-hydrogen) atoms. The van der Waals surface area contributed by atoms with E-state index < -0.39 is 0 Å². The lowest BCUT2D eigenvalue weighted by molar-refractivity contribution is -0.0190. The van der Waals surface area contributed by atoms with E-state index in [4.69, 9.17) is 19.3 Å². The van der Waals surface area contributed by atoms with E-state index in [0.717, 1.165) is 50.5 Å². The molecule has 2 heterocycles. The number of methoxy groups -OCH3 is 2. The summed E-state index contributed by atoms with van der Waals surface area (Å²) in [7, 11) is 3.32. The zero-order valence-corrected chi connectivity index (χ0v) is 18.3. The van der Waals surface area contributed by atoms with Gasteiger partial charge in [-0.05, 0) is 30.3 Å². The molecule has 3 aromatic rings. The number of benzene rings is 3. The molecule has 0 N–H and O–H groups in total. The van der Waals surface area contributed by atoms with Crippen molar-refractivity contribution in [3.63, 3.8) is 0 Å². The summed E-state index contributed by atoms with van der Waals surface area (Å²) in [5.41, 5.74) is 4.16. The Labute approximate surface area is 184 Å². The molecule has 5 rings (SSSR count). The smallest absolute Gasteiger partial charge is 0.213 e. The van der Waals surface area contributed by atoms with Gasteiger partial charge in [-0.25, -0.2) is 5.01 Å². The third-order valence-corrected chi connectivity index (χ3v) is 6.10. The first-order valence-corrected chi connectivity index (χ1v) is 10.6. The molecule has 6 heteroatoms. The first-order valence-electron chi connectivity index (χ1n) is 9.77. The van der Waals surface area contributed by atoms with Gasteiger partial charge >= 0.3 is 0 Å². The molecular weight excluding hydrogens is 444 g/mol. The largest absolute Gasteiger partial charge is 0.497 e. The van der Waals surface area contributed by atoms with E-state index in [1.54, 1.807) is 14.2 Å². The topological polar surface area (TPSA) is 43.3 Å². The quantitative estimate of drug-likeness (QED) is 0.495. The molecule has 0 amide bonds. The molecule has 0 saturated carbocycles. The first kappa shape index (κ1) is 19.0. The van der Waals surface area contributed by atoms with Crippen molar-refractivity contribution in [3.05, 3.63) is 87.9 Å². The molecule has 3 aromatic carbocycles. The maximum atomic E-state index is 6.40. The predicted octanol–water partition coefficient (Wildman–Crippen LogP) is 5.71. The Bertz CT molecular complexity index is 1110. The van der Waals surface area contributed by atoms with Crippen LogP contribution in [0, 0.1) is 0 Å². The van der Waals surface area contributed by atoms with Crippen LogP contribution in [0.15, 0.2) is 76.3 Å². The Morgan fingerprint density at radius 2 is 1.80 bits per heavy atom. The molecule has 5 nitrogen and oxygen atoms in total. The first-order chi connectivity index (χ1) is 14.7. The molecule has 2 aliphatic rings. The van der Waals surface area contributed by atoms with Crippen molar-refractivity contribution in [3.8, 4) is 17.2 Å². The van der Waals surface area contributed by atoms with Crippen LogP contribution in [0.2, 0.25) is 0 Å². The van der Waals surface area contributed by atoms with Crippen molar-refractivity contribution < 1.29 is 14.2 Å². The lowest BCUT2D eigenvalue weighted by Crippen LogP contribution is -2.33. The highest BCUT2D eigenvalue weighted by molar-refractivity contribution is 9.10. The SMILES string of the molecule is COc1ccc(C2=NN3[C@@H](c4ccc(Br)cc4)Oc4ccccc4[C@@H]3C2)c(OC)c1. The monoisotopic (exact) mass is 464 g/mol. The Morgan fingerprint density at radius 3 is 2.57 bits per heavy atom. The predicted molar refractivity (Wildman–Crippen MR) is 119 cm³/mol. The minimum atomic E-state index is -0.292. The van der Waals surface area contributed by atoms with Gasteiger partial charge in [-0.2, -0.15) is 5.10 Å². The minimum absolute atomic E-state index is 0.102. The van der Waals surface area contributed by atoms with Crippen LogP contribution >= 0.6 is 15.9 Å². The van der Waals surface area contributed by atoms with Gasteiger partial charge in [0, 0.05) is 33.7 Å². The van der Waals surface area contributed by atoms with Crippen LogP contribution in [0.5, 0.6) is 17.2 Å². The van der Waals surface area contributed by atoms with Crippen molar-refractivity contribution in [2.75, 3.05) is 14.2 Å². The molecule has 152 valence electrons. The Morgan fingerprint density at radius 1 is 1.00 bits per heavy atom. The van der Waals surface area contributed by atoms with E-state index in [1.807, 2.05) is 48.5 Å². The second-order valence-electron chi connectivity index (χ2n) is 7.27. The number of ether oxygens (including phenoxy) is 3.